The second kappa shape index (κ2) is 7.42. The molecule has 0 fully saturated rings. The van der Waals surface area contributed by atoms with Crippen molar-refractivity contribution in [2.24, 2.45) is 0 Å². The van der Waals surface area contributed by atoms with Gasteiger partial charge in [0, 0.05) is 6.08 Å². The van der Waals surface area contributed by atoms with Crippen molar-refractivity contribution in [3.05, 3.63) is 47.1 Å². The molecule has 0 aliphatic rings. The molecule has 0 aliphatic carbocycles. The molecule has 0 saturated carbocycles. The van der Waals surface area contributed by atoms with Gasteiger partial charge in [0.15, 0.2) is 0 Å². The molecule has 24 heavy (non-hydrogen) atoms. The van der Waals surface area contributed by atoms with Gasteiger partial charge >= 0.3 is 0 Å². The zero-order valence-electron chi connectivity index (χ0n) is 12.0. The van der Waals surface area contributed by atoms with E-state index in [1.54, 1.807) is 12.1 Å². The van der Waals surface area contributed by atoms with Gasteiger partial charge in [0.2, 0.25) is 5.82 Å². The Morgan fingerprint density at radius 1 is 1.42 bits per heavy atom. The summed E-state index contributed by atoms with van der Waals surface area (Å²) in [6, 6.07) is 8.85. The van der Waals surface area contributed by atoms with Gasteiger partial charge in [0.25, 0.3) is 11.6 Å². The fraction of sp³-hybridized carbons (Fsp3) is 0.133. The highest BCUT2D eigenvalue weighted by molar-refractivity contribution is 7.98. The molecule has 122 valence electrons. The topological polar surface area (TPSA) is 75.8 Å². The molecule has 5 nitrogen and oxygen atoms in total. The van der Waals surface area contributed by atoms with Crippen molar-refractivity contribution in [2.75, 3.05) is 0 Å². The summed E-state index contributed by atoms with van der Waals surface area (Å²) in [5.41, 5.74) is 0.132. The minimum atomic E-state index is -2.46. The van der Waals surface area contributed by atoms with Crippen molar-refractivity contribution in [2.45, 2.75) is 11.5 Å². The maximum atomic E-state index is 12.2. The lowest BCUT2D eigenvalue weighted by atomic mass is 10.2. The third-order valence-corrected chi connectivity index (χ3v) is 4.41. The summed E-state index contributed by atoms with van der Waals surface area (Å²) in [5, 5.41) is 15.0. The highest BCUT2D eigenvalue weighted by Crippen LogP contribution is 2.26. The van der Waals surface area contributed by atoms with Gasteiger partial charge < -0.3 is 8.94 Å². The highest BCUT2D eigenvalue weighted by atomic mass is 32.2. The number of furan rings is 1. The summed E-state index contributed by atoms with van der Waals surface area (Å²) in [4.78, 5) is 5.01. The predicted molar refractivity (Wildman–Crippen MR) is 87.1 cm³/mol. The fourth-order valence-electron chi connectivity index (χ4n) is 1.82. The third-order valence-electron chi connectivity index (χ3n) is 2.84. The van der Waals surface area contributed by atoms with Crippen LogP contribution < -0.4 is 0 Å². The molecule has 0 aromatic carbocycles. The van der Waals surface area contributed by atoms with Crippen LogP contribution >= 0.6 is 23.1 Å². The Morgan fingerprint density at radius 2 is 2.29 bits per heavy atom. The van der Waals surface area contributed by atoms with Crippen molar-refractivity contribution in [1.29, 1.82) is 5.26 Å². The molecule has 0 bridgehead atoms. The summed E-state index contributed by atoms with van der Waals surface area (Å²) in [6.07, 6.45) is 1.43. The van der Waals surface area contributed by atoms with E-state index in [2.05, 4.69) is 10.1 Å². The van der Waals surface area contributed by atoms with E-state index < -0.39 is 5.76 Å². The van der Waals surface area contributed by atoms with E-state index >= 15 is 0 Å². The number of alkyl halides is 2. The predicted octanol–water partition coefficient (Wildman–Crippen LogP) is 4.91. The van der Waals surface area contributed by atoms with Crippen LogP contribution in [-0.4, -0.2) is 15.9 Å². The Hall–Kier alpha value is -2.44. The molecule has 0 N–H and O–H groups in total. The molecule has 0 unspecified atom stereocenters. The first-order valence-corrected chi connectivity index (χ1v) is 8.57. The summed E-state index contributed by atoms with van der Waals surface area (Å²) in [7, 11) is 0. The van der Waals surface area contributed by atoms with Crippen LogP contribution in [0.4, 0.5) is 8.78 Å². The molecule has 0 atom stereocenters. The van der Waals surface area contributed by atoms with Crippen LogP contribution in [0.25, 0.3) is 22.4 Å². The molecule has 3 heterocycles. The zero-order valence-corrected chi connectivity index (χ0v) is 13.6. The Kier molecular flexibility index (Phi) is 5.08. The lowest BCUT2D eigenvalue weighted by Crippen LogP contribution is -1.83. The number of rotatable bonds is 6. The standard InChI is InChI=1S/C15H9F2N3O2S2/c16-15(17)24-8-11-4-3-10(21-11)6-9(7-18)14-19-13(20-22-14)12-2-1-5-23-12/h1-6,15H,8H2/b9-6+. The molecule has 0 amide bonds. The number of allylic oxidation sites excluding steroid dienone is 1. The molecule has 3 rings (SSSR count). The van der Waals surface area contributed by atoms with E-state index in [0.717, 1.165) is 4.88 Å². The molecule has 0 aliphatic heterocycles. The summed E-state index contributed by atoms with van der Waals surface area (Å²) < 4.78 is 34.9. The van der Waals surface area contributed by atoms with Crippen LogP contribution in [0.15, 0.2) is 38.6 Å². The third kappa shape index (κ3) is 3.90. The van der Waals surface area contributed by atoms with Gasteiger partial charge in [-0.05, 0) is 23.6 Å². The largest absolute Gasteiger partial charge is 0.461 e. The number of thioether (sulfide) groups is 1. The quantitative estimate of drug-likeness (QED) is 0.578. The van der Waals surface area contributed by atoms with E-state index in [1.807, 2.05) is 23.6 Å². The Bertz CT molecular complexity index is 879. The van der Waals surface area contributed by atoms with Gasteiger partial charge in [-0.2, -0.15) is 19.0 Å². The zero-order chi connectivity index (χ0) is 16.9. The number of halogens is 2. The van der Waals surface area contributed by atoms with Gasteiger partial charge in [-0.25, -0.2) is 0 Å². The van der Waals surface area contributed by atoms with Crippen molar-refractivity contribution < 1.29 is 17.7 Å². The maximum Gasteiger partial charge on any atom is 0.284 e. The average Bonchev–Trinajstić information content (AvgIpc) is 3.30. The van der Waals surface area contributed by atoms with E-state index in [0.29, 0.717) is 29.1 Å². The minimum Gasteiger partial charge on any atom is -0.461 e. The van der Waals surface area contributed by atoms with Gasteiger partial charge in [-0.3, -0.25) is 0 Å². The molecule has 0 saturated heterocycles. The average molecular weight is 365 g/mol. The van der Waals surface area contributed by atoms with Gasteiger partial charge in [-0.15, -0.1) is 11.3 Å². The normalized spacial score (nSPS) is 11.8. The Morgan fingerprint density at radius 3 is 3.00 bits per heavy atom. The van der Waals surface area contributed by atoms with Crippen molar-refractivity contribution in [3.8, 4) is 16.8 Å². The van der Waals surface area contributed by atoms with Crippen LogP contribution in [-0.2, 0) is 5.75 Å². The summed E-state index contributed by atoms with van der Waals surface area (Å²) >= 11 is 1.92. The molecular weight excluding hydrogens is 356 g/mol. The first-order valence-electron chi connectivity index (χ1n) is 6.64. The fourth-order valence-corrected chi connectivity index (χ4v) is 2.91. The maximum absolute atomic E-state index is 12.2. The number of thiophene rings is 1. The molecule has 0 radical (unpaired) electrons. The Balaban J connectivity index is 1.79. The minimum absolute atomic E-state index is 0.0521. The van der Waals surface area contributed by atoms with Crippen LogP contribution in [0.2, 0.25) is 0 Å². The summed E-state index contributed by atoms with van der Waals surface area (Å²) in [5.74, 6) is -1.19. The SMILES string of the molecule is N#C/C(=C\c1ccc(CSC(F)F)o1)c1nc(-c2cccs2)no1. The van der Waals surface area contributed by atoms with Crippen LogP contribution in [0, 0.1) is 11.3 Å². The first kappa shape index (κ1) is 16.4. The van der Waals surface area contributed by atoms with Gasteiger partial charge in [0.1, 0.15) is 23.2 Å². The van der Waals surface area contributed by atoms with Crippen LogP contribution in [0.5, 0.6) is 0 Å². The number of hydrogen-bond donors (Lipinski definition) is 0. The molecule has 3 aromatic rings. The smallest absolute Gasteiger partial charge is 0.284 e. The Labute approximate surface area is 143 Å². The molecule has 9 heteroatoms. The van der Waals surface area contributed by atoms with Crippen molar-refractivity contribution in [3.63, 3.8) is 0 Å². The van der Waals surface area contributed by atoms with E-state index in [1.165, 1.54) is 17.4 Å². The lowest BCUT2D eigenvalue weighted by Gasteiger charge is -1.95. The monoisotopic (exact) mass is 365 g/mol. The highest BCUT2D eigenvalue weighted by Gasteiger charge is 2.14. The number of aromatic nitrogens is 2. The number of nitrogens with zero attached hydrogens (tertiary/aromatic N) is 3. The lowest BCUT2D eigenvalue weighted by molar-refractivity contribution is 0.251. The second-order valence-corrected chi connectivity index (χ2v) is 6.37. The van der Waals surface area contributed by atoms with Crippen LogP contribution in [0.1, 0.15) is 17.4 Å². The number of nitriles is 1. The van der Waals surface area contributed by atoms with Crippen LogP contribution in [0.3, 0.4) is 0 Å². The number of hydrogen-bond acceptors (Lipinski definition) is 7. The van der Waals surface area contributed by atoms with Gasteiger partial charge in [0.05, 0.1) is 10.6 Å². The molecular formula is C15H9F2N3O2S2. The van der Waals surface area contributed by atoms with Crippen molar-refractivity contribution in [1.82, 2.24) is 10.1 Å². The van der Waals surface area contributed by atoms with E-state index in [9.17, 15) is 14.0 Å². The first-order chi connectivity index (χ1) is 11.7. The van der Waals surface area contributed by atoms with E-state index in [-0.39, 0.29) is 17.2 Å². The second-order valence-electron chi connectivity index (χ2n) is 4.45. The summed E-state index contributed by atoms with van der Waals surface area (Å²) in [6.45, 7) is 0. The van der Waals surface area contributed by atoms with Crippen molar-refractivity contribution >= 4 is 34.7 Å². The van der Waals surface area contributed by atoms with E-state index in [4.69, 9.17) is 8.94 Å². The molecule has 0 spiro atoms. The van der Waals surface area contributed by atoms with Gasteiger partial charge in [-0.1, -0.05) is 23.0 Å². The molecule has 3 aromatic heterocycles.